The first kappa shape index (κ1) is 20.5. The van der Waals surface area contributed by atoms with E-state index in [0.717, 1.165) is 17.9 Å². The second-order valence-corrected chi connectivity index (χ2v) is 10.0. The Bertz CT molecular complexity index is 482. The van der Waals surface area contributed by atoms with Crippen LogP contribution in [-0.4, -0.2) is 18.9 Å². The molecule has 0 heterocycles. The van der Waals surface area contributed by atoms with E-state index in [4.69, 9.17) is 9.47 Å². The minimum atomic E-state index is -0.381. The summed E-state index contributed by atoms with van der Waals surface area (Å²) < 4.78 is 12.2. The van der Waals surface area contributed by atoms with Gasteiger partial charge >= 0.3 is 5.97 Å². The van der Waals surface area contributed by atoms with Crippen LogP contribution in [0.5, 0.6) is 0 Å². The van der Waals surface area contributed by atoms with Crippen molar-refractivity contribution in [1.29, 1.82) is 0 Å². The quantitative estimate of drug-likeness (QED) is 0.341. The minimum absolute atomic E-state index is 0.0691. The molecule has 2 rings (SSSR count). The molecule has 3 nitrogen and oxygen atoms in total. The van der Waals surface area contributed by atoms with Crippen LogP contribution in [-0.2, 0) is 14.3 Å². The summed E-state index contributed by atoms with van der Waals surface area (Å²) in [5.41, 5.74) is 1.22. The maximum atomic E-state index is 12.9. The highest BCUT2D eigenvalue weighted by Gasteiger charge is 2.45. The Balaban J connectivity index is 2.09. The summed E-state index contributed by atoms with van der Waals surface area (Å²) in [4.78, 5) is 12.9. The molecule has 2 bridgehead atoms. The molecule has 0 aromatic heterocycles. The molecule has 2 aliphatic rings. The largest absolute Gasteiger partial charge is 0.435 e. The van der Waals surface area contributed by atoms with Gasteiger partial charge in [-0.1, -0.05) is 52.7 Å². The van der Waals surface area contributed by atoms with Gasteiger partial charge in [-0.15, -0.1) is 0 Å². The van der Waals surface area contributed by atoms with E-state index in [1.165, 1.54) is 19.3 Å². The lowest BCUT2D eigenvalue weighted by Crippen LogP contribution is -2.37. The Kier molecular flexibility index (Phi) is 6.75. The fourth-order valence-electron chi connectivity index (χ4n) is 4.29. The molecule has 5 atom stereocenters. The van der Waals surface area contributed by atoms with Gasteiger partial charge in [0.1, 0.15) is 0 Å². The summed E-state index contributed by atoms with van der Waals surface area (Å²) in [6.45, 7) is 15.3. The third-order valence-corrected chi connectivity index (χ3v) is 5.56. The van der Waals surface area contributed by atoms with Gasteiger partial charge in [0.15, 0.2) is 0 Å². The third kappa shape index (κ3) is 5.84. The molecular formula is C22H38O3. The van der Waals surface area contributed by atoms with Crippen molar-refractivity contribution < 1.29 is 14.3 Å². The van der Waals surface area contributed by atoms with Crippen LogP contribution in [0.25, 0.3) is 0 Å². The molecule has 2 fully saturated rings. The van der Waals surface area contributed by atoms with Crippen LogP contribution in [0.3, 0.4) is 0 Å². The SMILES string of the molecule is CC(C)=CC(C(=O)OC(OCC(C)(C)C)C1CC2CCC1C2)C(C)C. The van der Waals surface area contributed by atoms with E-state index in [-0.39, 0.29) is 29.5 Å². The molecule has 5 unspecified atom stereocenters. The Morgan fingerprint density at radius 3 is 2.28 bits per heavy atom. The van der Waals surface area contributed by atoms with Crippen LogP contribution in [0.15, 0.2) is 11.6 Å². The molecule has 25 heavy (non-hydrogen) atoms. The lowest BCUT2D eigenvalue weighted by atomic mass is 9.88. The normalized spacial score (nSPS) is 28.1. The molecule has 144 valence electrons. The smallest absolute Gasteiger partial charge is 0.315 e. The van der Waals surface area contributed by atoms with Gasteiger partial charge in [0.25, 0.3) is 0 Å². The first-order valence-electron chi connectivity index (χ1n) is 10.0. The zero-order valence-electron chi connectivity index (χ0n) is 17.3. The van der Waals surface area contributed by atoms with Gasteiger partial charge in [-0.3, -0.25) is 4.79 Å². The van der Waals surface area contributed by atoms with Crippen molar-refractivity contribution in [3.05, 3.63) is 11.6 Å². The number of hydrogen-bond donors (Lipinski definition) is 0. The summed E-state index contributed by atoms with van der Waals surface area (Å²) in [5.74, 6) is 1.77. The van der Waals surface area contributed by atoms with Crippen LogP contribution < -0.4 is 0 Å². The van der Waals surface area contributed by atoms with Crippen molar-refractivity contribution in [2.24, 2.45) is 35.0 Å². The predicted octanol–water partition coefficient (Wildman–Crippen LogP) is 5.59. The van der Waals surface area contributed by atoms with Crippen molar-refractivity contribution >= 4 is 5.97 Å². The van der Waals surface area contributed by atoms with Crippen molar-refractivity contribution in [1.82, 2.24) is 0 Å². The summed E-state index contributed by atoms with van der Waals surface area (Å²) in [5, 5.41) is 0. The number of carbonyl (C=O) groups excluding carboxylic acids is 1. The lowest BCUT2D eigenvalue weighted by molar-refractivity contribution is -0.206. The van der Waals surface area contributed by atoms with Gasteiger partial charge in [0.05, 0.1) is 12.5 Å². The Morgan fingerprint density at radius 2 is 1.84 bits per heavy atom. The summed E-state index contributed by atoms with van der Waals surface area (Å²) >= 11 is 0. The molecule has 0 aliphatic heterocycles. The summed E-state index contributed by atoms with van der Waals surface area (Å²) in [6, 6.07) is 0. The van der Waals surface area contributed by atoms with Crippen molar-refractivity contribution in [2.75, 3.05) is 6.61 Å². The molecule has 0 saturated heterocycles. The van der Waals surface area contributed by atoms with Gasteiger partial charge in [0.2, 0.25) is 6.29 Å². The number of rotatable bonds is 7. The highest BCUT2D eigenvalue weighted by atomic mass is 16.7. The summed E-state index contributed by atoms with van der Waals surface area (Å²) in [6.07, 6.45) is 6.71. The molecule has 2 aliphatic carbocycles. The Hall–Kier alpha value is -0.830. The molecule has 2 saturated carbocycles. The van der Waals surface area contributed by atoms with E-state index in [9.17, 15) is 4.79 Å². The van der Waals surface area contributed by atoms with Crippen LogP contribution >= 0.6 is 0 Å². The van der Waals surface area contributed by atoms with Crippen LogP contribution in [0.2, 0.25) is 0 Å². The molecule has 3 heteroatoms. The van der Waals surface area contributed by atoms with Crippen LogP contribution in [0.1, 0.15) is 74.1 Å². The average molecular weight is 351 g/mol. The maximum absolute atomic E-state index is 12.9. The van der Waals surface area contributed by atoms with Crippen molar-refractivity contribution in [2.45, 2.75) is 80.4 Å². The van der Waals surface area contributed by atoms with Crippen LogP contribution in [0.4, 0.5) is 0 Å². The molecule has 0 amide bonds. The number of hydrogen-bond acceptors (Lipinski definition) is 3. The minimum Gasteiger partial charge on any atom is -0.435 e. The fraction of sp³-hybridized carbons (Fsp3) is 0.864. The summed E-state index contributed by atoms with van der Waals surface area (Å²) in [7, 11) is 0. The van der Waals surface area contributed by atoms with Crippen LogP contribution in [0, 0.1) is 35.0 Å². The fourth-order valence-corrected chi connectivity index (χ4v) is 4.29. The number of ether oxygens (including phenoxy) is 2. The molecule has 0 radical (unpaired) electrons. The van der Waals surface area contributed by atoms with Crippen molar-refractivity contribution in [3.63, 3.8) is 0 Å². The highest BCUT2D eigenvalue weighted by Crippen LogP contribution is 2.50. The van der Waals surface area contributed by atoms with E-state index in [1.54, 1.807) is 0 Å². The molecular weight excluding hydrogens is 312 g/mol. The topological polar surface area (TPSA) is 35.5 Å². The Morgan fingerprint density at radius 1 is 1.16 bits per heavy atom. The first-order chi connectivity index (χ1) is 11.6. The predicted molar refractivity (Wildman–Crippen MR) is 102 cm³/mol. The molecule has 0 N–H and O–H groups in total. The molecule has 0 aromatic rings. The van der Waals surface area contributed by atoms with Gasteiger partial charge in [-0.2, -0.15) is 0 Å². The van der Waals surface area contributed by atoms with Crippen molar-refractivity contribution in [3.8, 4) is 0 Å². The van der Waals surface area contributed by atoms with Gasteiger partial charge in [-0.25, -0.2) is 0 Å². The number of allylic oxidation sites excluding steroid dienone is 1. The highest BCUT2D eigenvalue weighted by molar-refractivity contribution is 5.75. The lowest BCUT2D eigenvalue weighted by Gasteiger charge is -2.33. The monoisotopic (exact) mass is 350 g/mol. The maximum Gasteiger partial charge on any atom is 0.315 e. The van der Waals surface area contributed by atoms with Gasteiger partial charge in [-0.05, 0) is 56.3 Å². The van der Waals surface area contributed by atoms with Gasteiger partial charge in [0, 0.05) is 5.92 Å². The second-order valence-electron chi connectivity index (χ2n) is 10.0. The first-order valence-corrected chi connectivity index (χ1v) is 10.0. The van der Waals surface area contributed by atoms with E-state index in [1.807, 2.05) is 19.9 Å². The Labute approximate surface area is 154 Å². The zero-order chi connectivity index (χ0) is 18.8. The molecule has 0 spiro atoms. The van der Waals surface area contributed by atoms with E-state index >= 15 is 0 Å². The molecule has 0 aromatic carbocycles. The standard InChI is InChI=1S/C22H38O3/c1-14(2)10-18(15(3)4)20(23)25-21(24-13-22(5,6)7)19-12-16-8-9-17(19)11-16/h10,15-19,21H,8-9,11-13H2,1-7H3. The third-order valence-electron chi connectivity index (χ3n) is 5.56. The number of fused-ring (bicyclic) bond motifs is 2. The second kappa shape index (κ2) is 8.24. The average Bonchev–Trinajstić information content (AvgIpc) is 3.10. The number of esters is 1. The number of carbonyl (C=O) groups is 1. The van der Waals surface area contributed by atoms with E-state index in [2.05, 4.69) is 34.6 Å². The zero-order valence-corrected chi connectivity index (χ0v) is 17.3. The van der Waals surface area contributed by atoms with Gasteiger partial charge < -0.3 is 9.47 Å². The van der Waals surface area contributed by atoms with E-state index in [0.29, 0.717) is 18.4 Å². The van der Waals surface area contributed by atoms with E-state index < -0.39 is 0 Å².